The minimum absolute atomic E-state index is 0.0529. The van der Waals surface area contributed by atoms with E-state index in [-0.39, 0.29) is 5.56 Å². The zero-order chi connectivity index (χ0) is 13.4. The minimum atomic E-state index is -0.505. The second-order valence-electron chi connectivity index (χ2n) is 3.75. The lowest BCUT2D eigenvalue weighted by atomic mass is 10.2. The van der Waals surface area contributed by atoms with Gasteiger partial charge in [0.2, 0.25) is 0 Å². The summed E-state index contributed by atoms with van der Waals surface area (Å²) in [5, 5.41) is 8.69. The van der Waals surface area contributed by atoms with Crippen molar-refractivity contribution < 1.29 is 13.9 Å². The molecule has 0 N–H and O–H groups in total. The fourth-order valence-corrected chi connectivity index (χ4v) is 1.56. The van der Waals surface area contributed by atoms with Gasteiger partial charge in [-0.1, -0.05) is 0 Å². The van der Waals surface area contributed by atoms with Crippen LogP contribution in [0.25, 0.3) is 0 Å². The molecule has 0 atom stereocenters. The van der Waals surface area contributed by atoms with Crippen molar-refractivity contribution in [2.45, 2.75) is 0 Å². The van der Waals surface area contributed by atoms with Crippen LogP contribution in [0, 0.1) is 17.1 Å². The van der Waals surface area contributed by atoms with E-state index in [1.165, 1.54) is 12.1 Å². The quantitative estimate of drug-likeness (QED) is 0.742. The van der Waals surface area contributed by atoms with Gasteiger partial charge >= 0.3 is 0 Å². The molecular weight excluding hydrogens is 235 g/mol. The summed E-state index contributed by atoms with van der Waals surface area (Å²) in [4.78, 5) is 1.96. The van der Waals surface area contributed by atoms with Crippen LogP contribution in [0.1, 0.15) is 5.56 Å². The topological polar surface area (TPSA) is 45.5 Å². The van der Waals surface area contributed by atoms with Gasteiger partial charge in [-0.3, -0.25) is 0 Å². The summed E-state index contributed by atoms with van der Waals surface area (Å²) in [6, 6.07) is 6.38. The fourth-order valence-electron chi connectivity index (χ4n) is 1.56. The molecule has 98 valence electrons. The summed E-state index contributed by atoms with van der Waals surface area (Å²) < 4.78 is 23.6. The van der Waals surface area contributed by atoms with Crippen LogP contribution in [0.4, 0.5) is 10.1 Å². The van der Waals surface area contributed by atoms with Gasteiger partial charge in [-0.2, -0.15) is 5.26 Å². The predicted octanol–water partition coefficient (Wildman–Crippen LogP) is 1.80. The minimum Gasteiger partial charge on any atom is -0.383 e. The molecule has 0 bridgehead atoms. The van der Waals surface area contributed by atoms with E-state index in [0.717, 1.165) is 5.69 Å². The maximum Gasteiger partial charge on any atom is 0.143 e. The number of nitriles is 1. The number of hydrogen-bond donors (Lipinski definition) is 0. The molecule has 1 aromatic rings. The van der Waals surface area contributed by atoms with Crippen molar-refractivity contribution in [3.8, 4) is 6.07 Å². The molecule has 0 aliphatic carbocycles. The van der Waals surface area contributed by atoms with Crippen molar-refractivity contribution in [2.24, 2.45) is 0 Å². The summed E-state index contributed by atoms with van der Waals surface area (Å²) in [6.07, 6.45) is 0. The normalized spacial score (nSPS) is 10.1. The number of methoxy groups -OCH3 is 2. The zero-order valence-electron chi connectivity index (χ0n) is 10.6. The van der Waals surface area contributed by atoms with Gasteiger partial charge in [0.05, 0.1) is 18.8 Å². The Labute approximate surface area is 107 Å². The Bertz CT molecular complexity index is 410. The monoisotopic (exact) mass is 252 g/mol. The molecular formula is C13H17FN2O2. The molecule has 0 aliphatic rings. The second kappa shape index (κ2) is 7.64. The molecule has 0 amide bonds. The number of halogens is 1. The van der Waals surface area contributed by atoms with Crippen molar-refractivity contribution in [1.82, 2.24) is 0 Å². The smallest absolute Gasteiger partial charge is 0.143 e. The highest BCUT2D eigenvalue weighted by atomic mass is 19.1. The molecule has 0 aliphatic heterocycles. The molecule has 0 aromatic heterocycles. The molecule has 0 heterocycles. The van der Waals surface area contributed by atoms with Gasteiger partial charge in [0.25, 0.3) is 0 Å². The molecule has 0 radical (unpaired) electrons. The highest BCUT2D eigenvalue weighted by Gasteiger charge is 2.09. The molecule has 0 saturated heterocycles. The van der Waals surface area contributed by atoms with E-state index in [1.807, 2.05) is 4.90 Å². The highest BCUT2D eigenvalue weighted by molar-refractivity contribution is 5.50. The van der Waals surface area contributed by atoms with E-state index in [9.17, 15) is 4.39 Å². The molecule has 0 fully saturated rings. The average Bonchev–Trinajstić information content (AvgIpc) is 2.39. The number of benzene rings is 1. The Morgan fingerprint density at radius 3 is 2.28 bits per heavy atom. The number of rotatable bonds is 7. The molecule has 0 spiro atoms. The van der Waals surface area contributed by atoms with Crippen LogP contribution < -0.4 is 4.90 Å². The number of ether oxygens (including phenoxy) is 2. The van der Waals surface area contributed by atoms with Crippen LogP contribution in [0.2, 0.25) is 0 Å². The van der Waals surface area contributed by atoms with Gasteiger partial charge in [-0.05, 0) is 18.2 Å². The lowest BCUT2D eigenvalue weighted by Crippen LogP contribution is -2.30. The zero-order valence-corrected chi connectivity index (χ0v) is 10.6. The Morgan fingerprint density at radius 1 is 1.22 bits per heavy atom. The van der Waals surface area contributed by atoms with E-state index >= 15 is 0 Å². The largest absolute Gasteiger partial charge is 0.383 e. The molecule has 5 heteroatoms. The lowest BCUT2D eigenvalue weighted by Gasteiger charge is -2.24. The van der Waals surface area contributed by atoms with Gasteiger partial charge < -0.3 is 14.4 Å². The standard InChI is InChI=1S/C13H17FN2O2/c1-17-7-5-16(6-8-18-2)12-4-3-11(10-15)13(14)9-12/h3-4,9H,5-8H2,1-2H3. The molecule has 0 saturated carbocycles. The molecule has 4 nitrogen and oxygen atoms in total. The Morgan fingerprint density at radius 2 is 1.83 bits per heavy atom. The van der Waals surface area contributed by atoms with Crippen LogP contribution in [0.5, 0.6) is 0 Å². The average molecular weight is 252 g/mol. The van der Waals surface area contributed by atoms with Crippen molar-refractivity contribution in [1.29, 1.82) is 5.26 Å². The van der Waals surface area contributed by atoms with Crippen LogP contribution in [0.15, 0.2) is 18.2 Å². The fraction of sp³-hybridized carbons (Fsp3) is 0.462. The third-order valence-electron chi connectivity index (χ3n) is 2.57. The van der Waals surface area contributed by atoms with Crippen molar-refractivity contribution in [3.63, 3.8) is 0 Å². The second-order valence-corrected chi connectivity index (χ2v) is 3.75. The molecule has 18 heavy (non-hydrogen) atoms. The van der Waals surface area contributed by atoms with Crippen LogP contribution in [-0.2, 0) is 9.47 Å². The first-order valence-electron chi connectivity index (χ1n) is 5.65. The number of nitrogens with zero attached hydrogens (tertiary/aromatic N) is 2. The van der Waals surface area contributed by atoms with Gasteiger partial charge in [-0.15, -0.1) is 0 Å². The first-order valence-corrected chi connectivity index (χ1v) is 5.65. The van der Waals surface area contributed by atoms with E-state index in [0.29, 0.717) is 26.3 Å². The SMILES string of the molecule is COCCN(CCOC)c1ccc(C#N)c(F)c1. The maximum absolute atomic E-state index is 13.5. The molecule has 1 aromatic carbocycles. The van der Waals surface area contributed by atoms with Gasteiger partial charge in [0.1, 0.15) is 11.9 Å². The highest BCUT2D eigenvalue weighted by Crippen LogP contribution is 2.18. The number of hydrogen-bond acceptors (Lipinski definition) is 4. The third kappa shape index (κ3) is 3.99. The lowest BCUT2D eigenvalue weighted by molar-refractivity contribution is 0.190. The van der Waals surface area contributed by atoms with Crippen molar-refractivity contribution in [2.75, 3.05) is 45.4 Å². The molecule has 0 unspecified atom stereocenters. The van der Waals surface area contributed by atoms with Crippen molar-refractivity contribution in [3.05, 3.63) is 29.6 Å². The Balaban J connectivity index is 2.83. The van der Waals surface area contributed by atoms with E-state index in [2.05, 4.69) is 0 Å². The molecule has 1 rings (SSSR count). The van der Waals surface area contributed by atoms with Crippen LogP contribution >= 0.6 is 0 Å². The Hall–Kier alpha value is -1.64. The summed E-state index contributed by atoms with van der Waals surface area (Å²) in [6.45, 7) is 2.38. The summed E-state index contributed by atoms with van der Waals surface area (Å²) in [7, 11) is 3.24. The van der Waals surface area contributed by atoms with Crippen molar-refractivity contribution >= 4 is 5.69 Å². The maximum atomic E-state index is 13.5. The third-order valence-corrected chi connectivity index (χ3v) is 2.57. The summed E-state index contributed by atoms with van der Waals surface area (Å²) in [5.41, 5.74) is 0.776. The van der Waals surface area contributed by atoms with Crippen LogP contribution in [0.3, 0.4) is 0 Å². The van der Waals surface area contributed by atoms with Gasteiger partial charge in [0.15, 0.2) is 0 Å². The summed E-state index contributed by atoms with van der Waals surface area (Å²) >= 11 is 0. The van der Waals surface area contributed by atoms with E-state index in [4.69, 9.17) is 14.7 Å². The first kappa shape index (κ1) is 14.4. The Kier molecular flexibility index (Phi) is 6.12. The number of anilines is 1. The van der Waals surface area contributed by atoms with Gasteiger partial charge in [-0.25, -0.2) is 4.39 Å². The first-order chi connectivity index (χ1) is 8.72. The predicted molar refractivity (Wildman–Crippen MR) is 67.1 cm³/mol. The van der Waals surface area contributed by atoms with E-state index < -0.39 is 5.82 Å². The van der Waals surface area contributed by atoms with E-state index in [1.54, 1.807) is 26.4 Å². The summed E-state index contributed by atoms with van der Waals surface area (Å²) in [5.74, 6) is -0.505. The van der Waals surface area contributed by atoms with Crippen LogP contribution in [-0.4, -0.2) is 40.5 Å². The van der Waals surface area contributed by atoms with Gasteiger partial charge in [0, 0.05) is 33.0 Å².